The SMILES string of the molecule is CCC(C)C(O)CNC1CCN(C(=O)c2ccco2)CC1. The van der Waals surface area contributed by atoms with Crippen LogP contribution in [0.1, 0.15) is 43.7 Å². The first-order valence-electron chi connectivity index (χ1n) is 7.86. The maximum atomic E-state index is 12.1. The molecule has 5 heteroatoms. The van der Waals surface area contributed by atoms with Crippen LogP contribution in [0.2, 0.25) is 0 Å². The summed E-state index contributed by atoms with van der Waals surface area (Å²) in [6.07, 6.45) is 4.05. The molecular formula is C16H26N2O3. The standard InChI is InChI=1S/C16H26N2O3/c1-3-12(2)14(19)11-17-13-6-8-18(9-7-13)16(20)15-5-4-10-21-15/h4-5,10,12-14,17,19H,3,6-9,11H2,1-2H3. The smallest absolute Gasteiger partial charge is 0.289 e. The number of hydrogen-bond acceptors (Lipinski definition) is 4. The Kier molecular flexibility index (Phi) is 5.82. The lowest BCUT2D eigenvalue weighted by Gasteiger charge is -2.32. The van der Waals surface area contributed by atoms with Crippen molar-refractivity contribution in [3.8, 4) is 0 Å². The number of nitrogens with one attached hydrogen (secondary N) is 1. The van der Waals surface area contributed by atoms with Gasteiger partial charge >= 0.3 is 0 Å². The molecule has 2 N–H and O–H groups in total. The van der Waals surface area contributed by atoms with Crippen molar-refractivity contribution in [3.05, 3.63) is 24.2 Å². The molecule has 2 rings (SSSR count). The summed E-state index contributed by atoms with van der Waals surface area (Å²) in [6, 6.07) is 3.82. The Morgan fingerprint density at radius 1 is 1.52 bits per heavy atom. The van der Waals surface area contributed by atoms with Crippen LogP contribution >= 0.6 is 0 Å². The third-order valence-corrected chi connectivity index (χ3v) is 4.43. The molecule has 0 bridgehead atoms. The molecule has 1 aromatic rings. The molecule has 1 saturated heterocycles. The van der Waals surface area contributed by atoms with Gasteiger partial charge in [-0.05, 0) is 30.9 Å². The Bertz CT molecular complexity index is 425. The molecule has 21 heavy (non-hydrogen) atoms. The van der Waals surface area contributed by atoms with Crippen LogP contribution in [0.5, 0.6) is 0 Å². The molecule has 0 spiro atoms. The van der Waals surface area contributed by atoms with Gasteiger partial charge in [-0.2, -0.15) is 0 Å². The first-order chi connectivity index (χ1) is 10.1. The lowest BCUT2D eigenvalue weighted by atomic mass is 10.00. The largest absolute Gasteiger partial charge is 0.459 e. The van der Waals surface area contributed by atoms with Crippen molar-refractivity contribution in [2.45, 2.75) is 45.3 Å². The highest BCUT2D eigenvalue weighted by Gasteiger charge is 2.25. The van der Waals surface area contributed by atoms with Gasteiger partial charge in [-0.15, -0.1) is 0 Å². The van der Waals surface area contributed by atoms with Gasteiger partial charge in [0.2, 0.25) is 0 Å². The van der Waals surface area contributed by atoms with E-state index in [2.05, 4.69) is 19.2 Å². The minimum absolute atomic E-state index is 0.0295. The molecule has 1 amide bonds. The quantitative estimate of drug-likeness (QED) is 0.841. The highest BCUT2D eigenvalue weighted by Crippen LogP contribution is 2.15. The predicted molar refractivity (Wildman–Crippen MR) is 81.1 cm³/mol. The number of rotatable bonds is 6. The molecule has 2 atom stereocenters. The van der Waals surface area contributed by atoms with E-state index in [1.165, 1.54) is 6.26 Å². The van der Waals surface area contributed by atoms with Gasteiger partial charge in [0.15, 0.2) is 5.76 Å². The van der Waals surface area contributed by atoms with E-state index in [9.17, 15) is 9.90 Å². The van der Waals surface area contributed by atoms with Gasteiger partial charge in [0.25, 0.3) is 5.91 Å². The van der Waals surface area contributed by atoms with Crippen molar-refractivity contribution in [2.24, 2.45) is 5.92 Å². The summed E-state index contributed by atoms with van der Waals surface area (Å²) < 4.78 is 5.15. The number of piperidine rings is 1. The minimum Gasteiger partial charge on any atom is -0.459 e. The molecule has 0 saturated carbocycles. The third-order valence-electron chi connectivity index (χ3n) is 4.43. The van der Waals surface area contributed by atoms with Crippen molar-refractivity contribution in [3.63, 3.8) is 0 Å². The first kappa shape index (κ1) is 16.0. The molecular weight excluding hydrogens is 268 g/mol. The van der Waals surface area contributed by atoms with Crippen LogP contribution in [0.3, 0.4) is 0 Å². The van der Waals surface area contributed by atoms with Crippen molar-refractivity contribution in [1.82, 2.24) is 10.2 Å². The van der Waals surface area contributed by atoms with E-state index in [0.29, 0.717) is 24.3 Å². The Morgan fingerprint density at radius 3 is 2.81 bits per heavy atom. The lowest BCUT2D eigenvalue weighted by molar-refractivity contribution is 0.0656. The van der Waals surface area contributed by atoms with E-state index in [1.54, 1.807) is 12.1 Å². The van der Waals surface area contributed by atoms with Gasteiger partial charge in [0.1, 0.15) is 0 Å². The average Bonchev–Trinajstić information content (AvgIpc) is 3.06. The third kappa shape index (κ3) is 4.32. The van der Waals surface area contributed by atoms with Gasteiger partial charge in [-0.3, -0.25) is 4.79 Å². The van der Waals surface area contributed by atoms with Crippen molar-refractivity contribution in [2.75, 3.05) is 19.6 Å². The number of furan rings is 1. The average molecular weight is 294 g/mol. The maximum absolute atomic E-state index is 12.1. The van der Waals surface area contributed by atoms with E-state index >= 15 is 0 Å². The summed E-state index contributed by atoms with van der Waals surface area (Å²) in [5.74, 6) is 0.699. The Morgan fingerprint density at radius 2 is 2.24 bits per heavy atom. The summed E-state index contributed by atoms with van der Waals surface area (Å²) in [7, 11) is 0. The van der Waals surface area contributed by atoms with Gasteiger partial charge in [0.05, 0.1) is 12.4 Å². The summed E-state index contributed by atoms with van der Waals surface area (Å²) in [4.78, 5) is 14.0. The van der Waals surface area contributed by atoms with Gasteiger partial charge in [0, 0.05) is 25.7 Å². The number of likely N-dealkylation sites (tertiary alicyclic amines) is 1. The fourth-order valence-corrected chi connectivity index (χ4v) is 2.60. The molecule has 0 aromatic carbocycles. The zero-order chi connectivity index (χ0) is 15.2. The summed E-state index contributed by atoms with van der Waals surface area (Å²) in [5, 5.41) is 13.4. The number of carbonyl (C=O) groups is 1. The van der Waals surface area contributed by atoms with Gasteiger partial charge < -0.3 is 19.7 Å². The van der Waals surface area contributed by atoms with E-state index in [4.69, 9.17) is 4.42 Å². The molecule has 1 aromatic heterocycles. The van der Waals surface area contributed by atoms with E-state index in [0.717, 1.165) is 32.4 Å². The van der Waals surface area contributed by atoms with Crippen LogP contribution in [0.15, 0.2) is 22.8 Å². The molecule has 1 aliphatic rings. The molecule has 2 heterocycles. The van der Waals surface area contributed by atoms with Crippen LogP contribution < -0.4 is 5.32 Å². The second-order valence-electron chi connectivity index (χ2n) is 5.90. The minimum atomic E-state index is -0.294. The molecule has 118 valence electrons. The zero-order valence-electron chi connectivity index (χ0n) is 12.9. The predicted octanol–water partition coefficient (Wildman–Crippen LogP) is 1.88. The van der Waals surface area contributed by atoms with Crippen molar-refractivity contribution >= 4 is 5.91 Å². The van der Waals surface area contributed by atoms with Crippen LogP contribution in [-0.2, 0) is 0 Å². The molecule has 0 radical (unpaired) electrons. The van der Waals surface area contributed by atoms with E-state index < -0.39 is 0 Å². The first-order valence-corrected chi connectivity index (χ1v) is 7.86. The number of carbonyl (C=O) groups excluding carboxylic acids is 1. The Hall–Kier alpha value is -1.33. The second kappa shape index (κ2) is 7.61. The van der Waals surface area contributed by atoms with Crippen LogP contribution in [0, 0.1) is 5.92 Å². The van der Waals surface area contributed by atoms with Crippen LogP contribution in [0.25, 0.3) is 0 Å². The maximum Gasteiger partial charge on any atom is 0.289 e. The Labute approximate surface area is 126 Å². The monoisotopic (exact) mass is 294 g/mol. The summed E-state index contributed by atoms with van der Waals surface area (Å²) in [6.45, 7) is 6.25. The Balaban J connectivity index is 1.72. The van der Waals surface area contributed by atoms with Crippen molar-refractivity contribution in [1.29, 1.82) is 0 Å². The van der Waals surface area contributed by atoms with Gasteiger partial charge in [-0.25, -0.2) is 0 Å². The molecule has 0 aliphatic carbocycles. The highest BCUT2D eigenvalue weighted by molar-refractivity contribution is 5.91. The number of hydrogen-bond donors (Lipinski definition) is 2. The number of amides is 1. The fourth-order valence-electron chi connectivity index (χ4n) is 2.60. The van der Waals surface area contributed by atoms with E-state index in [-0.39, 0.29) is 12.0 Å². The van der Waals surface area contributed by atoms with Crippen LogP contribution in [-0.4, -0.2) is 47.7 Å². The second-order valence-corrected chi connectivity index (χ2v) is 5.90. The summed E-state index contributed by atoms with van der Waals surface area (Å²) in [5.41, 5.74) is 0. The summed E-state index contributed by atoms with van der Waals surface area (Å²) >= 11 is 0. The molecule has 1 fully saturated rings. The number of aliphatic hydroxyl groups is 1. The van der Waals surface area contributed by atoms with Gasteiger partial charge in [-0.1, -0.05) is 20.3 Å². The van der Waals surface area contributed by atoms with Crippen molar-refractivity contribution < 1.29 is 14.3 Å². The molecule has 2 unspecified atom stereocenters. The normalized spacial score (nSPS) is 19.5. The van der Waals surface area contributed by atoms with E-state index in [1.807, 2.05) is 4.90 Å². The molecule has 1 aliphatic heterocycles. The van der Waals surface area contributed by atoms with Crippen LogP contribution in [0.4, 0.5) is 0 Å². The fraction of sp³-hybridized carbons (Fsp3) is 0.688. The zero-order valence-corrected chi connectivity index (χ0v) is 12.9. The lowest BCUT2D eigenvalue weighted by Crippen LogP contribution is -2.47. The number of nitrogens with zero attached hydrogens (tertiary/aromatic N) is 1. The highest BCUT2D eigenvalue weighted by atomic mass is 16.3. The molecule has 5 nitrogen and oxygen atoms in total. The number of aliphatic hydroxyl groups excluding tert-OH is 1. The topological polar surface area (TPSA) is 65.7 Å².